The normalized spacial score (nSPS) is 20.5. The first-order chi connectivity index (χ1) is 10.1. The summed E-state index contributed by atoms with van der Waals surface area (Å²) in [5.74, 6) is 0.123. The third-order valence-corrected chi connectivity index (χ3v) is 4.45. The van der Waals surface area contributed by atoms with Gasteiger partial charge in [-0.15, -0.1) is 6.58 Å². The van der Waals surface area contributed by atoms with E-state index < -0.39 is 5.41 Å². The van der Waals surface area contributed by atoms with E-state index in [-0.39, 0.29) is 5.91 Å². The Morgan fingerprint density at radius 2 is 1.71 bits per heavy atom. The van der Waals surface area contributed by atoms with Crippen LogP contribution < -0.4 is 4.90 Å². The molecule has 0 bridgehead atoms. The second-order valence-electron chi connectivity index (χ2n) is 5.59. The standard InChI is InChI=1S/C19H19NO/c1-4-13-19(15-10-6-5-9-14(15)2)16-11-7-8-12-17(16)20(3)18(19)21/h4-12H,1,13H2,2-3H3/t19-/m0/s1. The van der Waals surface area contributed by atoms with Gasteiger partial charge in [-0.3, -0.25) is 4.79 Å². The highest BCUT2D eigenvalue weighted by atomic mass is 16.2. The van der Waals surface area contributed by atoms with E-state index in [1.54, 1.807) is 4.90 Å². The number of likely N-dealkylation sites (N-methyl/N-ethyl adjacent to an activating group) is 1. The predicted molar refractivity (Wildman–Crippen MR) is 86.6 cm³/mol. The van der Waals surface area contributed by atoms with Crippen molar-refractivity contribution in [3.05, 3.63) is 77.9 Å². The molecule has 2 nitrogen and oxygen atoms in total. The Kier molecular flexibility index (Phi) is 3.17. The number of benzene rings is 2. The second kappa shape index (κ2) is 4.88. The molecule has 0 N–H and O–H groups in total. The van der Waals surface area contributed by atoms with Gasteiger partial charge in [0.05, 0.1) is 0 Å². The molecule has 106 valence electrons. The van der Waals surface area contributed by atoms with Crippen LogP contribution in [0.3, 0.4) is 0 Å². The molecule has 2 heteroatoms. The lowest BCUT2D eigenvalue weighted by Crippen LogP contribution is -2.39. The number of fused-ring (bicyclic) bond motifs is 1. The van der Waals surface area contributed by atoms with Crippen LogP contribution in [-0.4, -0.2) is 13.0 Å². The molecular weight excluding hydrogens is 258 g/mol. The van der Waals surface area contributed by atoms with Crippen LogP contribution in [0.25, 0.3) is 0 Å². The Bertz CT molecular complexity index is 719. The maximum absolute atomic E-state index is 13.1. The van der Waals surface area contributed by atoms with Crippen LogP contribution >= 0.6 is 0 Å². The van der Waals surface area contributed by atoms with Gasteiger partial charge in [0.25, 0.3) is 0 Å². The van der Waals surface area contributed by atoms with Gasteiger partial charge in [0.2, 0.25) is 5.91 Å². The number of rotatable bonds is 3. The molecule has 0 spiro atoms. The van der Waals surface area contributed by atoms with Crippen molar-refractivity contribution >= 4 is 11.6 Å². The van der Waals surface area contributed by atoms with E-state index in [1.807, 2.05) is 43.5 Å². The zero-order valence-electron chi connectivity index (χ0n) is 12.5. The lowest BCUT2D eigenvalue weighted by Gasteiger charge is -2.29. The summed E-state index contributed by atoms with van der Waals surface area (Å²) in [6.07, 6.45) is 2.46. The van der Waals surface area contributed by atoms with Crippen LogP contribution in [0.2, 0.25) is 0 Å². The molecule has 1 aliphatic rings. The first-order valence-electron chi connectivity index (χ1n) is 7.17. The Hall–Kier alpha value is -2.35. The van der Waals surface area contributed by atoms with E-state index >= 15 is 0 Å². The first kappa shape index (κ1) is 13.6. The quantitative estimate of drug-likeness (QED) is 0.781. The Morgan fingerprint density at radius 3 is 2.38 bits per heavy atom. The maximum atomic E-state index is 13.1. The average molecular weight is 277 g/mol. The van der Waals surface area contributed by atoms with Crippen LogP contribution in [0.4, 0.5) is 5.69 Å². The summed E-state index contributed by atoms with van der Waals surface area (Å²) in [6, 6.07) is 16.2. The van der Waals surface area contributed by atoms with Gasteiger partial charge in [-0.1, -0.05) is 48.5 Å². The summed E-state index contributed by atoms with van der Waals surface area (Å²) in [5.41, 5.74) is 3.64. The topological polar surface area (TPSA) is 20.3 Å². The van der Waals surface area contributed by atoms with Gasteiger partial charge in [0.15, 0.2) is 0 Å². The summed E-state index contributed by atoms with van der Waals surface area (Å²) in [7, 11) is 1.85. The van der Waals surface area contributed by atoms with Crippen LogP contribution in [0, 0.1) is 6.92 Å². The van der Waals surface area contributed by atoms with E-state index in [0.717, 1.165) is 22.4 Å². The molecule has 21 heavy (non-hydrogen) atoms. The third kappa shape index (κ3) is 1.75. The number of hydrogen-bond donors (Lipinski definition) is 0. The summed E-state index contributed by atoms with van der Waals surface area (Å²) in [4.78, 5) is 14.9. The molecule has 1 amide bonds. The largest absolute Gasteiger partial charge is 0.314 e. The minimum Gasteiger partial charge on any atom is -0.314 e. The number of aryl methyl sites for hydroxylation is 1. The van der Waals surface area contributed by atoms with Crippen molar-refractivity contribution in [3.63, 3.8) is 0 Å². The number of allylic oxidation sites excluding steroid dienone is 1. The summed E-state index contributed by atoms with van der Waals surface area (Å²) in [5, 5.41) is 0. The highest BCUT2D eigenvalue weighted by Crippen LogP contribution is 2.48. The molecule has 1 heterocycles. The van der Waals surface area contributed by atoms with Crippen LogP contribution in [-0.2, 0) is 10.2 Å². The molecule has 0 unspecified atom stereocenters. The third-order valence-electron chi connectivity index (χ3n) is 4.45. The van der Waals surface area contributed by atoms with Gasteiger partial charge in [0.1, 0.15) is 5.41 Å². The fraction of sp³-hybridized carbons (Fsp3) is 0.211. The predicted octanol–water partition coefficient (Wildman–Crippen LogP) is 3.83. The second-order valence-corrected chi connectivity index (χ2v) is 5.59. The Labute approximate surface area is 125 Å². The van der Waals surface area contributed by atoms with E-state index in [1.165, 1.54) is 0 Å². The minimum absolute atomic E-state index is 0.123. The molecule has 1 atom stereocenters. The van der Waals surface area contributed by atoms with Crippen molar-refractivity contribution in [2.75, 3.05) is 11.9 Å². The molecular formula is C19H19NO. The minimum atomic E-state index is -0.640. The van der Waals surface area contributed by atoms with Crippen molar-refractivity contribution in [1.82, 2.24) is 0 Å². The SMILES string of the molecule is C=CC[C@@]1(c2ccccc2C)C(=O)N(C)c2ccccc21. The average Bonchev–Trinajstić information content (AvgIpc) is 2.72. The van der Waals surface area contributed by atoms with E-state index in [4.69, 9.17) is 0 Å². The fourth-order valence-electron chi connectivity index (χ4n) is 3.47. The number of carbonyl (C=O) groups is 1. The Balaban J connectivity index is 2.35. The first-order valence-corrected chi connectivity index (χ1v) is 7.17. The Morgan fingerprint density at radius 1 is 1.10 bits per heavy atom. The number of anilines is 1. The molecule has 0 fully saturated rings. The molecule has 0 saturated carbocycles. The van der Waals surface area contributed by atoms with Gasteiger partial charge < -0.3 is 4.90 Å². The monoisotopic (exact) mass is 277 g/mol. The fourth-order valence-corrected chi connectivity index (χ4v) is 3.47. The maximum Gasteiger partial charge on any atom is 0.242 e. The molecule has 3 rings (SSSR count). The van der Waals surface area contributed by atoms with Gasteiger partial charge in [0, 0.05) is 12.7 Å². The zero-order valence-corrected chi connectivity index (χ0v) is 12.5. The van der Waals surface area contributed by atoms with Crippen LogP contribution in [0.5, 0.6) is 0 Å². The van der Waals surface area contributed by atoms with Crippen LogP contribution in [0.1, 0.15) is 23.1 Å². The van der Waals surface area contributed by atoms with Crippen molar-refractivity contribution in [2.24, 2.45) is 0 Å². The molecule has 2 aromatic carbocycles. The molecule has 0 aliphatic carbocycles. The van der Waals surface area contributed by atoms with Crippen molar-refractivity contribution < 1.29 is 4.79 Å². The van der Waals surface area contributed by atoms with Crippen molar-refractivity contribution in [2.45, 2.75) is 18.8 Å². The van der Waals surface area contributed by atoms with Crippen molar-refractivity contribution in [1.29, 1.82) is 0 Å². The van der Waals surface area contributed by atoms with E-state index in [2.05, 4.69) is 31.7 Å². The van der Waals surface area contributed by atoms with E-state index in [0.29, 0.717) is 6.42 Å². The van der Waals surface area contributed by atoms with Gasteiger partial charge >= 0.3 is 0 Å². The number of carbonyl (C=O) groups excluding carboxylic acids is 1. The summed E-state index contributed by atoms with van der Waals surface area (Å²) in [6.45, 7) is 5.95. The number of amides is 1. The lowest BCUT2D eigenvalue weighted by molar-refractivity contribution is -0.121. The molecule has 2 aromatic rings. The number of hydrogen-bond acceptors (Lipinski definition) is 1. The van der Waals surface area contributed by atoms with Gasteiger partial charge in [-0.05, 0) is 36.1 Å². The smallest absolute Gasteiger partial charge is 0.242 e. The molecule has 0 aromatic heterocycles. The lowest BCUT2D eigenvalue weighted by atomic mass is 9.71. The highest BCUT2D eigenvalue weighted by Gasteiger charge is 2.50. The molecule has 1 aliphatic heterocycles. The number of para-hydroxylation sites is 1. The van der Waals surface area contributed by atoms with Gasteiger partial charge in [-0.2, -0.15) is 0 Å². The van der Waals surface area contributed by atoms with E-state index in [9.17, 15) is 4.79 Å². The molecule has 0 radical (unpaired) electrons. The summed E-state index contributed by atoms with van der Waals surface area (Å²) < 4.78 is 0. The van der Waals surface area contributed by atoms with Gasteiger partial charge in [-0.25, -0.2) is 0 Å². The zero-order chi connectivity index (χ0) is 15.0. The van der Waals surface area contributed by atoms with Crippen LogP contribution in [0.15, 0.2) is 61.2 Å². The van der Waals surface area contributed by atoms with Crippen molar-refractivity contribution in [3.8, 4) is 0 Å². The highest BCUT2D eigenvalue weighted by molar-refractivity contribution is 6.10. The summed E-state index contributed by atoms with van der Waals surface area (Å²) >= 11 is 0. The number of nitrogens with zero attached hydrogens (tertiary/aromatic N) is 1. The molecule has 0 saturated heterocycles.